The number of carbonyl (C=O) groups excluding carboxylic acids is 1. The summed E-state index contributed by atoms with van der Waals surface area (Å²) in [6.07, 6.45) is -8.18. The van der Waals surface area contributed by atoms with Crippen molar-refractivity contribution in [1.82, 2.24) is 0 Å². The number of fused-ring (bicyclic) bond motifs is 1. The van der Waals surface area contributed by atoms with E-state index in [1.165, 1.54) is 6.08 Å². The van der Waals surface area contributed by atoms with E-state index in [0.29, 0.717) is 5.57 Å². The minimum Gasteiger partial charge on any atom is -0.471 e. The lowest BCUT2D eigenvalue weighted by Gasteiger charge is -2.45. The van der Waals surface area contributed by atoms with Crippen molar-refractivity contribution in [2.45, 2.75) is 55.6 Å². The zero-order valence-electron chi connectivity index (χ0n) is 15.2. The van der Waals surface area contributed by atoms with Gasteiger partial charge in [-0.25, -0.2) is 4.79 Å². The van der Waals surface area contributed by atoms with E-state index in [2.05, 4.69) is 4.74 Å². The summed E-state index contributed by atoms with van der Waals surface area (Å²) in [6, 6.07) is 0. The third kappa shape index (κ3) is 3.13. The predicted molar refractivity (Wildman–Crippen MR) is 88.0 cm³/mol. The summed E-state index contributed by atoms with van der Waals surface area (Å²) in [4.78, 5) is 12.0. The topological polar surface area (TPSA) is 175 Å². The van der Waals surface area contributed by atoms with Crippen LogP contribution in [0, 0.1) is 5.92 Å². The van der Waals surface area contributed by atoms with Gasteiger partial charge in [0.15, 0.2) is 6.29 Å². The molecule has 2 heterocycles. The van der Waals surface area contributed by atoms with Gasteiger partial charge in [-0.3, -0.25) is 0 Å². The number of esters is 1. The molecule has 3 aliphatic rings. The van der Waals surface area contributed by atoms with Gasteiger partial charge in [-0.05, 0) is 6.92 Å². The Balaban J connectivity index is 1.88. The first-order valence-electron chi connectivity index (χ1n) is 8.65. The lowest BCUT2D eigenvalue weighted by molar-refractivity contribution is -0.344. The Kier molecular flexibility index (Phi) is 5.81. The van der Waals surface area contributed by atoms with Gasteiger partial charge in [-0.1, -0.05) is 11.6 Å². The molecule has 11 nitrogen and oxygen atoms in total. The van der Waals surface area contributed by atoms with Gasteiger partial charge in [0.05, 0.1) is 19.6 Å². The molecular formula is C17H24O11. The molecule has 9 atom stereocenters. The van der Waals surface area contributed by atoms with Gasteiger partial charge >= 0.3 is 5.97 Å². The highest BCUT2D eigenvalue weighted by Gasteiger charge is 2.60. The molecule has 1 saturated heterocycles. The maximum atomic E-state index is 12.0. The fraction of sp³-hybridized carbons (Fsp3) is 0.706. The lowest BCUT2D eigenvalue weighted by atomic mass is 9.78. The SMILES string of the molecule is COC(=O)C1=CO[C@@H](O[C@@H]2O[C@H](CO)[C@@H](O)[C@H](O)[C@H]2O)C2C(C)=C[C@@H](O)[C@]12O. The first-order valence-corrected chi connectivity index (χ1v) is 8.65. The van der Waals surface area contributed by atoms with Crippen LogP contribution in [0.2, 0.25) is 0 Å². The van der Waals surface area contributed by atoms with Gasteiger partial charge in [-0.15, -0.1) is 0 Å². The van der Waals surface area contributed by atoms with Crippen LogP contribution in [0.15, 0.2) is 23.5 Å². The lowest BCUT2D eigenvalue weighted by Crippen LogP contribution is -2.61. The molecule has 0 bridgehead atoms. The molecule has 1 unspecified atom stereocenters. The van der Waals surface area contributed by atoms with E-state index in [1.54, 1.807) is 6.92 Å². The third-order valence-electron chi connectivity index (χ3n) is 5.38. The van der Waals surface area contributed by atoms with Crippen molar-refractivity contribution in [2.24, 2.45) is 5.92 Å². The molecular weight excluding hydrogens is 380 g/mol. The van der Waals surface area contributed by atoms with Crippen LogP contribution in [0.25, 0.3) is 0 Å². The quantitative estimate of drug-likeness (QED) is 0.207. The number of hydrogen-bond donors (Lipinski definition) is 6. The van der Waals surface area contributed by atoms with Crippen LogP contribution in [-0.4, -0.2) is 99.0 Å². The van der Waals surface area contributed by atoms with E-state index >= 15 is 0 Å². The number of methoxy groups -OCH3 is 1. The molecule has 0 spiro atoms. The number of hydrogen-bond acceptors (Lipinski definition) is 11. The van der Waals surface area contributed by atoms with Crippen molar-refractivity contribution >= 4 is 5.97 Å². The molecule has 1 fully saturated rings. The molecule has 158 valence electrons. The van der Waals surface area contributed by atoms with Crippen LogP contribution in [-0.2, 0) is 23.7 Å². The van der Waals surface area contributed by atoms with Crippen LogP contribution in [0.4, 0.5) is 0 Å². The Bertz CT molecular complexity index is 674. The van der Waals surface area contributed by atoms with Crippen LogP contribution in [0.5, 0.6) is 0 Å². The van der Waals surface area contributed by atoms with Crippen molar-refractivity contribution in [3.8, 4) is 0 Å². The zero-order chi connectivity index (χ0) is 20.8. The zero-order valence-corrected chi connectivity index (χ0v) is 15.2. The van der Waals surface area contributed by atoms with Crippen LogP contribution in [0.3, 0.4) is 0 Å². The molecule has 6 N–H and O–H groups in total. The van der Waals surface area contributed by atoms with Crippen LogP contribution < -0.4 is 0 Å². The van der Waals surface area contributed by atoms with Gasteiger partial charge in [0.1, 0.15) is 48.0 Å². The summed E-state index contributed by atoms with van der Waals surface area (Å²) in [5.74, 6) is -1.96. The summed E-state index contributed by atoms with van der Waals surface area (Å²) >= 11 is 0. The van der Waals surface area contributed by atoms with E-state index < -0.39 is 67.2 Å². The average Bonchev–Trinajstić information content (AvgIpc) is 2.91. The number of carbonyl (C=O) groups is 1. The van der Waals surface area contributed by atoms with Crippen molar-refractivity contribution in [3.05, 3.63) is 23.5 Å². The second-order valence-electron chi connectivity index (χ2n) is 7.02. The molecule has 0 aromatic rings. The fourth-order valence-corrected chi connectivity index (χ4v) is 3.81. The molecule has 0 aromatic carbocycles. The summed E-state index contributed by atoms with van der Waals surface area (Å²) in [7, 11) is 1.11. The van der Waals surface area contributed by atoms with Crippen molar-refractivity contribution in [3.63, 3.8) is 0 Å². The van der Waals surface area contributed by atoms with Crippen molar-refractivity contribution in [2.75, 3.05) is 13.7 Å². The van der Waals surface area contributed by atoms with E-state index in [1.807, 2.05) is 0 Å². The normalized spacial score (nSPS) is 45.6. The Labute approximate surface area is 160 Å². The van der Waals surface area contributed by atoms with E-state index in [-0.39, 0.29) is 5.57 Å². The average molecular weight is 404 g/mol. The van der Waals surface area contributed by atoms with Gasteiger partial charge in [-0.2, -0.15) is 0 Å². The highest BCUT2D eigenvalue weighted by Crippen LogP contribution is 2.47. The Hall–Kier alpha value is -1.57. The monoisotopic (exact) mass is 404 g/mol. The number of rotatable bonds is 4. The van der Waals surface area contributed by atoms with E-state index in [9.17, 15) is 35.4 Å². The Morgan fingerprint density at radius 2 is 1.86 bits per heavy atom. The molecule has 0 saturated carbocycles. The van der Waals surface area contributed by atoms with Gasteiger partial charge in [0.2, 0.25) is 6.29 Å². The number of aliphatic hydroxyl groups excluding tert-OH is 5. The van der Waals surface area contributed by atoms with Crippen LogP contribution in [0.1, 0.15) is 6.92 Å². The van der Waals surface area contributed by atoms with E-state index in [0.717, 1.165) is 13.4 Å². The molecule has 28 heavy (non-hydrogen) atoms. The highest BCUT2D eigenvalue weighted by atomic mass is 16.8. The first-order chi connectivity index (χ1) is 13.2. The largest absolute Gasteiger partial charge is 0.471 e. The summed E-state index contributed by atoms with van der Waals surface area (Å²) in [6.45, 7) is 0.937. The maximum absolute atomic E-state index is 12.0. The number of aliphatic hydroxyl groups is 6. The molecule has 11 heteroatoms. The fourth-order valence-electron chi connectivity index (χ4n) is 3.81. The first kappa shape index (κ1) is 21.1. The predicted octanol–water partition coefficient (Wildman–Crippen LogP) is -3.12. The highest BCUT2D eigenvalue weighted by molar-refractivity contribution is 5.91. The molecule has 1 aliphatic carbocycles. The summed E-state index contributed by atoms with van der Waals surface area (Å²) < 4.78 is 20.9. The summed E-state index contributed by atoms with van der Waals surface area (Å²) in [5.41, 5.74) is -1.97. The third-order valence-corrected chi connectivity index (χ3v) is 5.38. The molecule has 3 rings (SSSR count). The van der Waals surface area contributed by atoms with Crippen molar-refractivity contribution < 1.29 is 54.4 Å². The van der Waals surface area contributed by atoms with Crippen molar-refractivity contribution in [1.29, 1.82) is 0 Å². The molecule has 2 aliphatic heterocycles. The second-order valence-corrected chi connectivity index (χ2v) is 7.02. The van der Waals surface area contributed by atoms with Gasteiger partial charge in [0.25, 0.3) is 0 Å². The standard InChI is InChI=1S/C17H24O11/c1-6-3-9(19)17(24)7(14(23)25-2)5-26-15(10(6)17)28-16-13(22)12(21)11(20)8(4-18)27-16/h3,5,8-13,15-16,18-22,24H,4H2,1-2H3/t8-,9-,10?,11-,12+,13-,15+,16+,17-/m1/s1. The molecule has 0 radical (unpaired) electrons. The smallest absolute Gasteiger partial charge is 0.339 e. The second kappa shape index (κ2) is 7.69. The molecule has 0 aromatic heterocycles. The van der Waals surface area contributed by atoms with E-state index in [4.69, 9.17) is 14.2 Å². The molecule has 0 amide bonds. The Morgan fingerprint density at radius 3 is 2.46 bits per heavy atom. The minimum absolute atomic E-state index is 0.311. The minimum atomic E-state index is -2.10. The maximum Gasteiger partial charge on any atom is 0.339 e. The van der Waals surface area contributed by atoms with Crippen LogP contribution >= 0.6 is 0 Å². The van der Waals surface area contributed by atoms with Gasteiger partial charge in [0, 0.05) is 0 Å². The number of ether oxygens (including phenoxy) is 4. The summed E-state index contributed by atoms with van der Waals surface area (Å²) in [5, 5.41) is 60.6. The Morgan fingerprint density at radius 1 is 1.18 bits per heavy atom. The van der Waals surface area contributed by atoms with Gasteiger partial charge < -0.3 is 49.6 Å².